The Morgan fingerprint density at radius 1 is 1.55 bits per heavy atom. The topological polar surface area (TPSA) is 68.9 Å². The molecule has 6 nitrogen and oxygen atoms in total. The molecule has 118 valence electrons. The van der Waals surface area contributed by atoms with Crippen LogP contribution in [0.4, 0.5) is 0 Å². The first-order valence-corrected chi connectivity index (χ1v) is 8.07. The van der Waals surface area contributed by atoms with Crippen LogP contribution in [0.3, 0.4) is 0 Å². The molecule has 2 aromatic rings. The molecule has 2 atom stereocenters. The molecular formula is C15H18BrN3O3. The van der Waals surface area contributed by atoms with E-state index < -0.39 is 11.7 Å². The number of rotatable bonds is 3. The Kier molecular flexibility index (Phi) is 2.98. The summed E-state index contributed by atoms with van der Waals surface area (Å²) in [7, 11) is 1.52. The van der Waals surface area contributed by atoms with Crippen LogP contribution in [0.2, 0.25) is 0 Å². The molecule has 3 aliphatic rings. The standard InChI is InChI=1S/C15H18BrN3O3/c1-8-4-9(16)5-19-12(8)17-11(18-19)10-15(13(20)21-3)6-14(2,7-15)22-10/h4-5,10,13,20H,6-7H2,1-3H3. The maximum absolute atomic E-state index is 10.3. The SMILES string of the molecule is COC(O)C12CC(C)(C1)OC2c1nc2c(C)cc(Br)cn2n1. The van der Waals surface area contributed by atoms with Gasteiger partial charge in [0.25, 0.3) is 0 Å². The third-order valence-electron chi connectivity index (χ3n) is 4.88. The number of hydrogen-bond acceptors (Lipinski definition) is 5. The van der Waals surface area contributed by atoms with Crippen LogP contribution in [0.1, 0.15) is 37.3 Å². The van der Waals surface area contributed by atoms with E-state index in [0.29, 0.717) is 5.82 Å². The number of methoxy groups -OCH3 is 1. The van der Waals surface area contributed by atoms with E-state index in [1.54, 1.807) is 4.52 Å². The van der Waals surface area contributed by atoms with Gasteiger partial charge in [-0.2, -0.15) is 0 Å². The molecule has 2 unspecified atom stereocenters. The van der Waals surface area contributed by atoms with Crippen LogP contribution in [0.25, 0.3) is 5.65 Å². The lowest BCUT2D eigenvalue weighted by Gasteiger charge is -2.45. The van der Waals surface area contributed by atoms with Gasteiger partial charge in [0.2, 0.25) is 0 Å². The lowest BCUT2D eigenvalue weighted by atomic mass is 9.60. The highest BCUT2D eigenvalue weighted by Crippen LogP contribution is 2.68. The Morgan fingerprint density at radius 3 is 2.95 bits per heavy atom. The normalized spacial score (nSPS) is 34.9. The van der Waals surface area contributed by atoms with Crippen LogP contribution in [0, 0.1) is 12.3 Å². The van der Waals surface area contributed by atoms with Gasteiger partial charge in [0.15, 0.2) is 17.8 Å². The number of halogens is 1. The van der Waals surface area contributed by atoms with Crippen molar-refractivity contribution in [3.63, 3.8) is 0 Å². The van der Waals surface area contributed by atoms with Crippen LogP contribution in [-0.2, 0) is 9.47 Å². The van der Waals surface area contributed by atoms with Crippen molar-refractivity contribution in [2.75, 3.05) is 7.11 Å². The summed E-state index contributed by atoms with van der Waals surface area (Å²) in [4.78, 5) is 4.64. The molecule has 7 heteroatoms. The van der Waals surface area contributed by atoms with Gasteiger partial charge in [0.05, 0.1) is 11.0 Å². The molecular weight excluding hydrogens is 350 g/mol. The molecule has 0 amide bonds. The molecule has 2 aliphatic heterocycles. The summed E-state index contributed by atoms with van der Waals surface area (Å²) in [6, 6.07) is 2.00. The van der Waals surface area contributed by atoms with Crippen molar-refractivity contribution in [2.45, 2.75) is 44.7 Å². The van der Waals surface area contributed by atoms with Crippen LogP contribution in [-0.4, -0.2) is 38.7 Å². The maximum atomic E-state index is 10.3. The van der Waals surface area contributed by atoms with Gasteiger partial charge in [0, 0.05) is 17.8 Å². The monoisotopic (exact) mass is 367 g/mol. The van der Waals surface area contributed by atoms with E-state index in [1.807, 2.05) is 19.2 Å². The van der Waals surface area contributed by atoms with Crippen molar-refractivity contribution in [1.29, 1.82) is 0 Å². The summed E-state index contributed by atoms with van der Waals surface area (Å²) in [5.74, 6) is 0.610. The van der Waals surface area contributed by atoms with Crippen molar-refractivity contribution in [3.05, 3.63) is 28.1 Å². The molecule has 1 saturated carbocycles. The summed E-state index contributed by atoms with van der Waals surface area (Å²) in [5.41, 5.74) is 1.18. The van der Waals surface area contributed by atoms with E-state index >= 15 is 0 Å². The van der Waals surface area contributed by atoms with E-state index in [9.17, 15) is 5.11 Å². The number of aromatic nitrogens is 3. The third kappa shape index (κ3) is 1.83. The van der Waals surface area contributed by atoms with E-state index in [-0.39, 0.29) is 11.7 Å². The predicted octanol–water partition coefficient (Wildman–Crippen LogP) is 2.38. The molecule has 3 fully saturated rings. The highest BCUT2D eigenvalue weighted by molar-refractivity contribution is 9.10. The molecule has 2 aromatic heterocycles. The molecule has 1 N–H and O–H groups in total. The molecule has 2 bridgehead atoms. The largest absolute Gasteiger partial charge is 0.367 e. The van der Waals surface area contributed by atoms with Crippen molar-refractivity contribution >= 4 is 21.6 Å². The fourth-order valence-corrected chi connectivity index (χ4v) is 4.63. The third-order valence-corrected chi connectivity index (χ3v) is 5.31. The number of ether oxygens (including phenoxy) is 2. The van der Waals surface area contributed by atoms with Crippen LogP contribution >= 0.6 is 15.9 Å². The molecule has 4 heterocycles. The number of aliphatic hydroxyl groups is 1. The molecule has 5 rings (SSSR count). The van der Waals surface area contributed by atoms with E-state index in [2.05, 4.69) is 32.9 Å². The van der Waals surface area contributed by atoms with Gasteiger partial charge in [-0.3, -0.25) is 0 Å². The first-order valence-electron chi connectivity index (χ1n) is 7.28. The van der Waals surface area contributed by atoms with E-state index in [4.69, 9.17) is 9.47 Å². The minimum Gasteiger partial charge on any atom is -0.367 e. The Bertz CT molecular complexity index is 754. The predicted molar refractivity (Wildman–Crippen MR) is 82.3 cm³/mol. The molecule has 0 aromatic carbocycles. The summed E-state index contributed by atoms with van der Waals surface area (Å²) < 4.78 is 14.0. The van der Waals surface area contributed by atoms with Crippen molar-refractivity contribution in [2.24, 2.45) is 5.41 Å². The average molecular weight is 368 g/mol. The maximum Gasteiger partial charge on any atom is 0.181 e. The Balaban J connectivity index is 1.80. The van der Waals surface area contributed by atoms with Gasteiger partial charge in [-0.15, -0.1) is 5.10 Å². The average Bonchev–Trinajstić information content (AvgIpc) is 3.04. The van der Waals surface area contributed by atoms with E-state index in [1.165, 1.54) is 7.11 Å². The van der Waals surface area contributed by atoms with Gasteiger partial charge in [0.1, 0.15) is 6.10 Å². The first kappa shape index (κ1) is 14.6. The number of aryl methyl sites for hydroxylation is 1. The van der Waals surface area contributed by atoms with Gasteiger partial charge in [-0.05, 0) is 54.2 Å². The quantitative estimate of drug-likeness (QED) is 0.843. The molecule has 2 saturated heterocycles. The van der Waals surface area contributed by atoms with Gasteiger partial charge >= 0.3 is 0 Å². The first-order chi connectivity index (χ1) is 10.4. The minimum atomic E-state index is -0.868. The number of hydrogen-bond donors (Lipinski definition) is 1. The van der Waals surface area contributed by atoms with Crippen molar-refractivity contribution in [1.82, 2.24) is 14.6 Å². The molecule has 0 radical (unpaired) electrons. The second-order valence-corrected chi connectivity index (χ2v) is 7.62. The zero-order valence-corrected chi connectivity index (χ0v) is 14.3. The summed E-state index contributed by atoms with van der Waals surface area (Å²) in [6.45, 7) is 4.06. The Morgan fingerprint density at radius 2 is 2.27 bits per heavy atom. The minimum absolute atomic E-state index is 0.211. The summed E-state index contributed by atoms with van der Waals surface area (Å²) in [6.07, 6.45) is 2.19. The summed E-state index contributed by atoms with van der Waals surface area (Å²) in [5, 5.41) is 14.9. The van der Waals surface area contributed by atoms with Gasteiger partial charge in [-0.1, -0.05) is 0 Å². The van der Waals surface area contributed by atoms with Crippen LogP contribution < -0.4 is 0 Å². The smallest absolute Gasteiger partial charge is 0.181 e. The number of nitrogens with zero attached hydrogens (tertiary/aromatic N) is 3. The second-order valence-electron chi connectivity index (χ2n) is 6.70. The molecule has 22 heavy (non-hydrogen) atoms. The number of aliphatic hydroxyl groups excluding tert-OH is 1. The zero-order valence-electron chi connectivity index (χ0n) is 12.7. The summed E-state index contributed by atoms with van der Waals surface area (Å²) >= 11 is 3.47. The fourth-order valence-electron chi connectivity index (χ4n) is 4.10. The molecule has 1 aliphatic carbocycles. The van der Waals surface area contributed by atoms with Gasteiger partial charge < -0.3 is 14.6 Å². The van der Waals surface area contributed by atoms with Crippen LogP contribution in [0.5, 0.6) is 0 Å². The second kappa shape index (κ2) is 4.50. The van der Waals surface area contributed by atoms with E-state index in [0.717, 1.165) is 28.5 Å². The lowest BCUT2D eigenvalue weighted by molar-refractivity contribution is -0.187. The Labute approximate surface area is 136 Å². The van der Waals surface area contributed by atoms with Gasteiger partial charge in [-0.25, -0.2) is 9.50 Å². The number of pyridine rings is 1. The molecule has 0 spiro atoms. The fraction of sp³-hybridized carbons (Fsp3) is 0.600. The van der Waals surface area contributed by atoms with Crippen LogP contribution in [0.15, 0.2) is 16.7 Å². The number of fused-ring (bicyclic) bond motifs is 2. The lowest BCUT2D eigenvalue weighted by Crippen LogP contribution is -2.50. The zero-order chi connectivity index (χ0) is 15.7. The Hall–Kier alpha value is -1.02. The highest BCUT2D eigenvalue weighted by atomic mass is 79.9. The van der Waals surface area contributed by atoms with Crippen molar-refractivity contribution in [3.8, 4) is 0 Å². The van der Waals surface area contributed by atoms with Crippen molar-refractivity contribution < 1.29 is 14.6 Å². The highest BCUT2D eigenvalue weighted by Gasteiger charge is 2.70.